The number of halogens is 2. The van der Waals surface area contributed by atoms with Gasteiger partial charge < -0.3 is 9.80 Å². The molecule has 0 aliphatic carbocycles. The molecule has 0 radical (unpaired) electrons. The lowest BCUT2D eigenvalue weighted by Gasteiger charge is -2.25. The van der Waals surface area contributed by atoms with Gasteiger partial charge in [-0.2, -0.15) is 5.26 Å². The number of carbonyl (C=O) groups is 1. The Hall–Kier alpha value is -1.28. The number of nitriles is 1. The van der Waals surface area contributed by atoms with Crippen LogP contribution in [0.5, 0.6) is 0 Å². The van der Waals surface area contributed by atoms with Gasteiger partial charge in [0.15, 0.2) is 0 Å². The molecular formula is C15H17Cl2N3O. The van der Waals surface area contributed by atoms with Gasteiger partial charge in [0, 0.05) is 34.3 Å². The van der Waals surface area contributed by atoms with E-state index in [1.54, 1.807) is 17.0 Å². The van der Waals surface area contributed by atoms with Crippen molar-refractivity contribution in [3.05, 3.63) is 33.3 Å². The van der Waals surface area contributed by atoms with Crippen LogP contribution in [0.3, 0.4) is 0 Å². The van der Waals surface area contributed by atoms with E-state index in [9.17, 15) is 10.1 Å². The van der Waals surface area contributed by atoms with Crippen LogP contribution < -0.4 is 0 Å². The van der Waals surface area contributed by atoms with E-state index in [0.717, 1.165) is 19.6 Å². The van der Waals surface area contributed by atoms with Crippen LogP contribution in [0.15, 0.2) is 12.1 Å². The van der Waals surface area contributed by atoms with Crippen LogP contribution in [0.4, 0.5) is 0 Å². The Bertz CT molecular complexity index is 593. The normalized spacial score (nSPS) is 17.2. The average Bonchev–Trinajstić information content (AvgIpc) is 2.73. The summed E-state index contributed by atoms with van der Waals surface area (Å²) in [4.78, 5) is 16.3. The molecule has 21 heavy (non-hydrogen) atoms. The van der Waals surface area contributed by atoms with E-state index in [0.29, 0.717) is 27.7 Å². The molecular weight excluding hydrogens is 309 g/mol. The second-order valence-corrected chi connectivity index (χ2v) is 5.75. The number of carbonyl (C=O) groups excluding carboxylic acids is 1. The number of amides is 1. The van der Waals surface area contributed by atoms with Gasteiger partial charge in [-0.15, -0.1) is 0 Å². The number of hydrogen-bond acceptors (Lipinski definition) is 3. The molecule has 1 aliphatic rings. The molecule has 1 atom stereocenters. The Kier molecular flexibility index (Phi) is 5.10. The van der Waals surface area contributed by atoms with Gasteiger partial charge in [-0.1, -0.05) is 37.0 Å². The van der Waals surface area contributed by atoms with E-state index in [2.05, 4.69) is 24.8 Å². The quantitative estimate of drug-likeness (QED) is 0.834. The Labute approximate surface area is 134 Å². The highest BCUT2D eigenvalue weighted by Gasteiger charge is 2.38. The average molecular weight is 326 g/mol. The molecule has 1 aromatic rings. The molecule has 0 spiro atoms. The molecule has 1 amide bonds. The monoisotopic (exact) mass is 325 g/mol. The predicted octanol–water partition coefficient (Wildman–Crippen LogP) is 3.36. The van der Waals surface area contributed by atoms with Crippen molar-refractivity contribution in [3.8, 4) is 6.07 Å². The maximum absolute atomic E-state index is 12.5. The summed E-state index contributed by atoms with van der Waals surface area (Å²) in [5.74, 6) is -0.173. The number of likely N-dealkylation sites (N-methyl/N-ethyl adjacent to an activating group) is 1. The predicted molar refractivity (Wildman–Crippen MR) is 83.6 cm³/mol. The van der Waals surface area contributed by atoms with E-state index >= 15 is 0 Å². The second-order valence-electron chi connectivity index (χ2n) is 4.91. The van der Waals surface area contributed by atoms with Crippen LogP contribution in [-0.4, -0.2) is 41.9 Å². The molecule has 1 aromatic carbocycles. The highest BCUT2D eigenvalue weighted by Crippen LogP contribution is 2.39. The number of hydrogen-bond donors (Lipinski definition) is 0. The maximum Gasteiger partial charge on any atom is 0.255 e. The standard InChI is InChI=1S/C15H17Cl2N3O/c1-3-19(4-2)5-6-20-13(9-18)14-11(15(20)21)7-10(16)8-12(14)17/h7-8,13H,3-6H2,1-2H3. The molecule has 1 aliphatic heterocycles. The van der Waals surface area contributed by atoms with Crippen molar-refractivity contribution in [3.63, 3.8) is 0 Å². The molecule has 2 rings (SSSR count). The van der Waals surface area contributed by atoms with Crippen molar-refractivity contribution < 1.29 is 4.79 Å². The summed E-state index contributed by atoms with van der Waals surface area (Å²) >= 11 is 12.1. The van der Waals surface area contributed by atoms with Crippen LogP contribution in [0, 0.1) is 11.3 Å². The van der Waals surface area contributed by atoms with Gasteiger partial charge in [0.05, 0.1) is 6.07 Å². The molecule has 0 N–H and O–H groups in total. The van der Waals surface area contributed by atoms with Gasteiger partial charge in [0.2, 0.25) is 0 Å². The molecule has 0 fully saturated rings. The molecule has 6 heteroatoms. The van der Waals surface area contributed by atoms with Gasteiger partial charge in [-0.05, 0) is 25.2 Å². The Morgan fingerprint density at radius 1 is 1.33 bits per heavy atom. The summed E-state index contributed by atoms with van der Waals surface area (Å²) in [5, 5.41) is 10.2. The summed E-state index contributed by atoms with van der Waals surface area (Å²) in [6.45, 7) is 7.20. The van der Waals surface area contributed by atoms with Gasteiger partial charge in [0.25, 0.3) is 5.91 Å². The molecule has 0 saturated carbocycles. The van der Waals surface area contributed by atoms with Crippen molar-refractivity contribution in [1.29, 1.82) is 5.26 Å². The zero-order valence-electron chi connectivity index (χ0n) is 12.1. The topological polar surface area (TPSA) is 47.3 Å². The molecule has 0 saturated heterocycles. The highest BCUT2D eigenvalue weighted by atomic mass is 35.5. The summed E-state index contributed by atoms with van der Waals surface area (Å²) < 4.78 is 0. The first-order valence-corrected chi connectivity index (χ1v) is 7.70. The first kappa shape index (κ1) is 16.1. The molecule has 1 heterocycles. The van der Waals surface area contributed by atoms with E-state index in [-0.39, 0.29) is 5.91 Å². The third kappa shape index (κ3) is 3.01. The molecule has 0 aromatic heterocycles. The first-order valence-electron chi connectivity index (χ1n) is 6.95. The van der Waals surface area contributed by atoms with Crippen LogP contribution in [0.1, 0.15) is 35.8 Å². The fourth-order valence-corrected chi connectivity index (χ4v) is 3.22. The van der Waals surface area contributed by atoms with E-state index < -0.39 is 6.04 Å². The largest absolute Gasteiger partial charge is 0.317 e. The third-order valence-electron chi connectivity index (χ3n) is 3.84. The zero-order chi connectivity index (χ0) is 15.6. The third-order valence-corrected chi connectivity index (χ3v) is 4.38. The minimum absolute atomic E-state index is 0.173. The van der Waals surface area contributed by atoms with Gasteiger partial charge in [-0.3, -0.25) is 4.79 Å². The Balaban J connectivity index is 2.28. The van der Waals surface area contributed by atoms with E-state index in [1.807, 2.05) is 0 Å². The zero-order valence-corrected chi connectivity index (χ0v) is 13.6. The summed E-state index contributed by atoms with van der Waals surface area (Å²) in [6, 6.07) is 4.72. The number of benzene rings is 1. The smallest absolute Gasteiger partial charge is 0.255 e. The lowest BCUT2D eigenvalue weighted by Crippen LogP contribution is -2.36. The van der Waals surface area contributed by atoms with Crippen molar-refractivity contribution in [2.24, 2.45) is 0 Å². The Morgan fingerprint density at radius 3 is 2.57 bits per heavy atom. The van der Waals surface area contributed by atoms with Crippen LogP contribution >= 0.6 is 23.2 Å². The van der Waals surface area contributed by atoms with Crippen LogP contribution in [-0.2, 0) is 0 Å². The lowest BCUT2D eigenvalue weighted by atomic mass is 10.1. The fraction of sp³-hybridized carbons (Fsp3) is 0.467. The molecule has 1 unspecified atom stereocenters. The minimum Gasteiger partial charge on any atom is -0.317 e. The van der Waals surface area contributed by atoms with E-state index in [4.69, 9.17) is 23.2 Å². The molecule has 4 nitrogen and oxygen atoms in total. The van der Waals surface area contributed by atoms with Gasteiger partial charge >= 0.3 is 0 Å². The Morgan fingerprint density at radius 2 is 2.00 bits per heavy atom. The van der Waals surface area contributed by atoms with Crippen LogP contribution in [0.25, 0.3) is 0 Å². The summed E-state index contributed by atoms with van der Waals surface area (Å²) in [6.07, 6.45) is 0. The number of rotatable bonds is 5. The summed E-state index contributed by atoms with van der Waals surface area (Å²) in [5.41, 5.74) is 1.02. The number of fused-ring (bicyclic) bond motifs is 1. The van der Waals surface area contributed by atoms with Crippen molar-refractivity contribution in [2.75, 3.05) is 26.2 Å². The van der Waals surface area contributed by atoms with Crippen molar-refractivity contribution >= 4 is 29.1 Å². The SMILES string of the molecule is CCN(CC)CCN1C(=O)c2cc(Cl)cc(Cl)c2C1C#N. The minimum atomic E-state index is -0.632. The van der Waals surface area contributed by atoms with Crippen molar-refractivity contribution in [2.45, 2.75) is 19.9 Å². The molecule has 0 bridgehead atoms. The lowest BCUT2D eigenvalue weighted by molar-refractivity contribution is 0.0738. The molecule has 112 valence electrons. The summed E-state index contributed by atoms with van der Waals surface area (Å²) in [7, 11) is 0. The number of nitrogens with zero attached hydrogens (tertiary/aromatic N) is 3. The second kappa shape index (κ2) is 6.65. The maximum atomic E-state index is 12.5. The van der Waals surface area contributed by atoms with Crippen molar-refractivity contribution in [1.82, 2.24) is 9.80 Å². The van der Waals surface area contributed by atoms with Gasteiger partial charge in [0.1, 0.15) is 6.04 Å². The first-order chi connectivity index (χ1) is 10.0. The van der Waals surface area contributed by atoms with E-state index in [1.165, 1.54) is 0 Å². The highest BCUT2D eigenvalue weighted by molar-refractivity contribution is 6.36. The fourth-order valence-electron chi connectivity index (χ4n) is 2.62. The van der Waals surface area contributed by atoms with Gasteiger partial charge in [-0.25, -0.2) is 0 Å². The van der Waals surface area contributed by atoms with Crippen LogP contribution in [0.2, 0.25) is 10.0 Å².